The van der Waals surface area contributed by atoms with E-state index in [1.54, 1.807) is 30.5 Å². The van der Waals surface area contributed by atoms with Crippen molar-refractivity contribution < 1.29 is 9.00 Å². The molecule has 0 spiro atoms. The molecule has 0 radical (unpaired) electrons. The van der Waals surface area contributed by atoms with Crippen molar-refractivity contribution in [3.05, 3.63) is 29.8 Å². The molecule has 1 aromatic carbocycles. The molecule has 1 rings (SSSR count). The Morgan fingerprint density at radius 2 is 1.88 bits per heavy atom. The van der Waals surface area contributed by atoms with Crippen LogP contribution in [0.1, 0.15) is 24.2 Å². The van der Waals surface area contributed by atoms with Crippen LogP contribution in [-0.4, -0.2) is 22.9 Å². The van der Waals surface area contributed by atoms with Gasteiger partial charge in [-0.1, -0.05) is 13.8 Å². The second kappa shape index (κ2) is 5.80. The lowest BCUT2D eigenvalue weighted by molar-refractivity contribution is 0.0949. The predicted molar refractivity (Wildman–Crippen MR) is 65.9 cm³/mol. The molecule has 1 aromatic rings. The zero-order chi connectivity index (χ0) is 12.1. The molecule has 0 fully saturated rings. The molecule has 0 bridgehead atoms. The van der Waals surface area contributed by atoms with Crippen LogP contribution in [-0.2, 0) is 10.8 Å². The van der Waals surface area contributed by atoms with Gasteiger partial charge in [0.05, 0.1) is 0 Å². The van der Waals surface area contributed by atoms with E-state index in [1.165, 1.54) is 0 Å². The van der Waals surface area contributed by atoms with Crippen molar-refractivity contribution in [2.45, 2.75) is 18.7 Å². The van der Waals surface area contributed by atoms with Crippen LogP contribution < -0.4 is 5.32 Å². The van der Waals surface area contributed by atoms with Crippen molar-refractivity contribution in [3.8, 4) is 0 Å². The van der Waals surface area contributed by atoms with E-state index in [4.69, 9.17) is 0 Å². The first-order chi connectivity index (χ1) is 7.50. The Hall–Kier alpha value is -1.16. The molecular weight excluding hydrogens is 222 g/mol. The third kappa shape index (κ3) is 3.77. The van der Waals surface area contributed by atoms with Gasteiger partial charge in [0.25, 0.3) is 5.91 Å². The molecule has 0 saturated heterocycles. The van der Waals surface area contributed by atoms with E-state index >= 15 is 0 Å². The minimum Gasteiger partial charge on any atom is -0.352 e. The van der Waals surface area contributed by atoms with Crippen LogP contribution in [0.4, 0.5) is 0 Å². The number of carbonyl (C=O) groups is 1. The van der Waals surface area contributed by atoms with Crippen LogP contribution in [0.25, 0.3) is 0 Å². The van der Waals surface area contributed by atoms with Gasteiger partial charge >= 0.3 is 0 Å². The van der Waals surface area contributed by atoms with Gasteiger partial charge < -0.3 is 5.32 Å². The van der Waals surface area contributed by atoms with E-state index in [9.17, 15) is 9.00 Å². The maximum atomic E-state index is 11.6. The van der Waals surface area contributed by atoms with Crippen LogP contribution in [0.15, 0.2) is 29.2 Å². The number of carbonyl (C=O) groups excluding carboxylic acids is 1. The highest BCUT2D eigenvalue weighted by molar-refractivity contribution is 7.84. The first-order valence-electron chi connectivity index (χ1n) is 5.22. The largest absolute Gasteiger partial charge is 0.352 e. The first-order valence-corrected chi connectivity index (χ1v) is 6.78. The number of hydrogen-bond acceptors (Lipinski definition) is 2. The standard InChI is InChI=1S/C12H17NO2S/c1-9(2)8-13-12(14)10-4-6-11(7-5-10)16(3)15/h4-7,9H,8H2,1-3H3,(H,13,14). The molecule has 1 unspecified atom stereocenters. The number of amides is 1. The maximum Gasteiger partial charge on any atom is 0.251 e. The van der Waals surface area contributed by atoms with E-state index in [1.807, 2.05) is 13.8 Å². The predicted octanol–water partition coefficient (Wildman–Crippen LogP) is 1.81. The van der Waals surface area contributed by atoms with Gasteiger partial charge in [-0.05, 0) is 30.2 Å². The van der Waals surface area contributed by atoms with Crippen LogP contribution in [0.5, 0.6) is 0 Å². The molecule has 1 N–H and O–H groups in total. The summed E-state index contributed by atoms with van der Waals surface area (Å²) in [5, 5.41) is 2.83. The topological polar surface area (TPSA) is 46.2 Å². The van der Waals surface area contributed by atoms with Crippen LogP contribution in [0.2, 0.25) is 0 Å². The molecule has 0 aliphatic heterocycles. The van der Waals surface area contributed by atoms with E-state index in [0.29, 0.717) is 18.0 Å². The summed E-state index contributed by atoms with van der Waals surface area (Å²) < 4.78 is 11.2. The Balaban J connectivity index is 2.67. The van der Waals surface area contributed by atoms with Gasteiger partial charge in [-0.15, -0.1) is 0 Å². The summed E-state index contributed by atoms with van der Waals surface area (Å²) in [4.78, 5) is 12.4. The summed E-state index contributed by atoms with van der Waals surface area (Å²) in [5.41, 5.74) is 0.606. The molecular formula is C12H17NO2S. The third-order valence-electron chi connectivity index (χ3n) is 2.12. The second-order valence-corrected chi connectivity index (χ2v) is 5.46. The first kappa shape index (κ1) is 12.9. The Morgan fingerprint density at radius 1 is 1.31 bits per heavy atom. The van der Waals surface area contributed by atoms with Crippen LogP contribution in [0, 0.1) is 5.92 Å². The quantitative estimate of drug-likeness (QED) is 0.871. The summed E-state index contributed by atoms with van der Waals surface area (Å²) in [6.07, 6.45) is 1.62. The molecule has 1 atom stereocenters. The summed E-state index contributed by atoms with van der Waals surface area (Å²) in [7, 11) is -0.993. The fourth-order valence-electron chi connectivity index (χ4n) is 1.20. The Kier molecular flexibility index (Phi) is 4.68. The summed E-state index contributed by atoms with van der Waals surface area (Å²) in [6, 6.07) is 6.85. The van der Waals surface area contributed by atoms with Gasteiger partial charge in [-0.25, -0.2) is 0 Å². The maximum absolute atomic E-state index is 11.6. The van der Waals surface area contributed by atoms with E-state index in [0.717, 1.165) is 4.90 Å². The lowest BCUT2D eigenvalue weighted by Crippen LogP contribution is -2.27. The molecule has 0 aromatic heterocycles. The van der Waals surface area contributed by atoms with E-state index in [-0.39, 0.29) is 5.91 Å². The lowest BCUT2D eigenvalue weighted by Gasteiger charge is -2.07. The van der Waals surface area contributed by atoms with Crippen molar-refractivity contribution in [2.75, 3.05) is 12.8 Å². The van der Waals surface area contributed by atoms with Crippen molar-refractivity contribution in [3.63, 3.8) is 0 Å². The third-order valence-corrected chi connectivity index (χ3v) is 3.06. The zero-order valence-corrected chi connectivity index (χ0v) is 10.6. The van der Waals surface area contributed by atoms with Gasteiger partial charge in [0.1, 0.15) is 0 Å². The van der Waals surface area contributed by atoms with Crippen molar-refractivity contribution in [1.82, 2.24) is 5.32 Å². The summed E-state index contributed by atoms with van der Waals surface area (Å²) in [6.45, 7) is 4.76. The smallest absolute Gasteiger partial charge is 0.251 e. The highest BCUT2D eigenvalue weighted by atomic mass is 32.2. The van der Waals surface area contributed by atoms with Crippen molar-refractivity contribution in [1.29, 1.82) is 0 Å². The normalized spacial score (nSPS) is 12.5. The van der Waals surface area contributed by atoms with Gasteiger partial charge in [0.2, 0.25) is 0 Å². The van der Waals surface area contributed by atoms with E-state index in [2.05, 4.69) is 5.32 Å². The average molecular weight is 239 g/mol. The molecule has 0 aliphatic carbocycles. The molecule has 88 valence electrons. The monoisotopic (exact) mass is 239 g/mol. The minimum atomic E-state index is -0.993. The van der Waals surface area contributed by atoms with Gasteiger partial charge in [0.15, 0.2) is 0 Å². The molecule has 3 nitrogen and oxygen atoms in total. The Bertz CT molecular complexity index is 385. The fraction of sp³-hybridized carbons (Fsp3) is 0.417. The number of benzene rings is 1. The van der Waals surface area contributed by atoms with Crippen LogP contribution in [0.3, 0.4) is 0 Å². The Labute approximate surface area is 98.7 Å². The van der Waals surface area contributed by atoms with Gasteiger partial charge in [-0.2, -0.15) is 0 Å². The molecule has 0 saturated carbocycles. The van der Waals surface area contributed by atoms with Crippen molar-refractivity contribution >= 4 is 16.7 Å². The minimum absolute atomic E-state index is 0.0814. The highest BCUT2D eigenvalue weighted by Gasteiger charge is 2.06. The second-order valence-electron chi connectivity index (χ2n) is 4.08. The van der Waals surface area contributed by atoms with Crippen molar-refractivity contribution in [2.24, 2.45) is 5.92 Å². The molecule has 4 heteroatoms. The molecule has 0 aliphatic rings. The fourth-order valence-corrected chi connectivity index (χ4v) is 1.72. The van der Waals surface area contributed by atoms with Gasteiger partial charge in [-0.3, -0.25) is 9.00 Å². The molecule has 1 amide bonds. The number of rotatable bonds is 4. The lowest BCUT2D eigenvalue weighted by atomic mass is 10.2. The summed E-state index contributed by atoms with van der Waals surface area (Å²) in [5.74, 6) is 0.355. The van der Waals surface area contributed by atoms with Gasteiger partial charge in [0, 0.05) is 34.1 Å². The number of hydrogen-bond donors (Lipinski definition) is 1. The molecule has 16 heavy (non-hydrogen) atoms. The average Bonchev–Trinajstić information content (AvgIpc) is 2.26. The SMILES string of the molecule is CC(C)CNC(=O)c1ccc(S(C)=O)cc1. The summed E-state index contributed by atoms with van der Waals surface area (Å²) >= 11 is 0. The van der Waals surface area contributed by atoms with Crippen LogP contribution >= 0.6 is 0 Å². The zero-order valence-electron chi connectivity index (χ0n) is 9.82. The van der Waals surface area contributed by atoms with E-state index < -0.39 is 10.8 Å². The Morgan fingerprint density at radius 3 is 2.31 bits per heavy atom. The number of nitrogens with one attached hydrogen (secondary N) is 1. The molecule has 0 heterocycles. The highest BCUT2D eigenvalue weighted by Crippen LogP contribution is 2.07.